The van der Waals surface area contributed by atoms with E-state index in [2.05, 4.69) is 0 Å². The summed E-state index contributed by atoms with van der Waals surface area (Å²) in [5.41, 5.74) is 0.342. The molecule has 0 bridgehead atoms. The zero-order valence-electron chi connectivity index (χ0n) is 14.3. The van der Waals surface area contributed by atoms with Gasteiger partial charge in [-0.15, -0.1) is 0 Å². The molecular weight excluding hydrogens is 383 g/mol. The van der Waals surface area contributed by atoms with Crippen molar-refractivity contribution in [2.75, 3.05) is 17.1 Å². The molecule has 1 aliphatic rings. The van der Waals surface area contributed by atoms with Crippen molar-refractivity contribution in [1.29, 1.82) is 0 Å². The van der Waals surface area contributed by atoms with Crippen LogP contribution in [0.1, 0.15) is 27.0 Å². The summed E-state index contributed by atoms with van der Waals surface area (Å²) in [6.45, 7) is -0.229. The number of rotatable bonds is 4. The second-order valence-electron chi connectivity index (χ2n) is 6.16. The number of alkyl halides is 3. The number of esters is 1. The molecule has 0 saturated heterocycles. The Bertz CT molecular complexity index is 986. The minimum absolute atomic E-state index is 0.136. The van der Waals surface area contributed by atoms with E-state index in [0.29, 0.717) is 17.7 Å². The Morgan fingerprint density at radius 1 is 1.19 bits per heavy atom. The molecule has 0 N–H and O–H groups in total. The molecule has 0 unspecified atom stereocenters. The number of ether oxygens (including phenoxy) is 1. The quantitative estimate of drug-likeness (QED) is 0.740. The van der Waals surface area contributed by atoms with Gasteiger partial charge in [-0.2, -0.15) is 13.2 Å². The van der Waals surface area contributed by atoms with Crippen LogP contribution >= 0.6 is 0 Å². The van der Waals surface area contributed by atoms with Crippen LogP contribution in [0.4, 0.5) is 18.9 Å². The third-order valence-electron chi connectivity index (χ3n) is 4.25. The highest BCUT2D eigenvalue weighted by atomic mass is 32.2. The van der Waals surface area contributed by atoms with Crippen molar-refractivity contribution < 1.29 is 31.1 Å². The van der Waals surface area contributed by atoms with E-state index in [1.165, 1.54) is 40.7 Å². The number of hydrogen-bond donors (Lipinski definition) is 0. The van der Waals surface area contributed by atoms with Crippen molar-refractivity contribution in [3.05, 3.63) is 64.7 Å². The van der Waals surface area contributed by atoms with Gasteiger partial charge in [0, 0.05) is 12.1 Å². The van der Waals surface area contributed by atoms with Gasteiger partial charge < -0.3 is 4.74 Å². The molecule has 0 spiro atoms. The molecule has 2 aromatic carbocycles. The second-order valence-corrected chi connectivity index (χ2v) is 8.07. The summed E-state index contributed by atoms with van der Waals surface area (Å²) in [5, 5.41) is 0. The minimum Gasteiger partial charge on any atom is -0.457 e. The second kappa shape index (κ2) is 6.88. The number of nitrogens with zero attached hydrogens (tertiary/aromatic N) is 1. The predicted molar refractivity (Wildman–Crippen MR) is 92.9 cm³/mol. The van der Waals surface area contributed by atoms with Crippen LogP contribution in [0.25, 0.3) is 0 Å². The number of carbonyl (C=O) groups excluding carboxylic acids is 1. The Hall–Kier alpha value is -2.55. The van der Waals surface area contributed by atoms with E-state index >= 15 is 0 Å². The average Bonchev–Trinajstić information content (AvgIpc) is 3.02. The van der Waals surface area contributed by atoms with Crippen LogP contribution in [0.15, 0.2) is 42.5 Å². The molecule has 0 aromatic heterocycles. The first-order valence-corrected chi connectivity index (χ1v) is 9.85. The van der Waals surface area contributed by atoms with Crippen LogP contribution in [0.3, 0.4) is 0 Å². The Balaban J connectivity index is 1.76. The number of sulfonamides is 1. The van der Waals surface area contributed by atoms with Gasteiger partial charge in [0.2, 0.25) is 10.0 Å². The molecule has 1 aliphatic heterocycles. The largest absolute Gasteiger partial charge is 0.457 e. The van der Waals surface area contributed by atoms with E-state index in [1.54, 1.807) is 0 Å². The number of fused-ring (bicyclic) bond motifs is 1. The van der Waals surface area contributed by atoms with Crippen molar-refractivity contribution in [1.82, 2.24) is 0 Å². The van der Waals surface area contributed by atoms with Crippen LogP contribution in [-0.4, -0.2) is 27.2 Å². The summed E-state index contributed by atoms with van der Waals surface area (Å²) in [5.74, 6) is -0.771. The predicted octanol–water partition coefficient (Wildman–Crippen LogP) is 3.38. The topological polar surface area (TPSA) is 63.7 Å². The first kappa shape index (κ1) is 19.2. The SMILES string of the molecule is CS(=O)(=O)N1CCc2cc(C(=O)OCc3ccccc3C(F)(F)F)ccc21. The normalized spacial score (nSPS) is 14.1. The lowest BCUT2D eigenvalue weighted by molar-refractivity contribution is -0.138. The summed E-state index contributed by atoms with van der Waals surface area (Å²) < 4.78 is 68.7. The fourth-order valence-corrected chi connectivity index (χ4v) is 3.95. The molecule has 1 heterocycles. The third kappa shape index (κ3) is 4.08. The third-order valence-corrected chi connectivity index (χ3v) is 5.43. The molecule has 144 valence electrons. The Morgan fingerprint density at radius 3 is 2.56 bits per heavy atom. The van der Waals surface area contributed by atoms with Crippen LogP contribution in [0.2, 0.25) is 0 Å². The monoisotopic (exact) mass is 399 g/mol. The highest BCUT2D eigenvalue weighted by molar-refractivity contribution is 7.92. The summed E-state index contributed by atoms with van der Waals surface area (Å²) in [6.07, 6.45) is -2.99. The molecule has 0 fully saturated rings. The van der Waals surface area contributed by atoms with E-state index in [4.69, 9.17) is 4.74 Å². The molecule has 0 atom stereocenters. The van der Waals surface area contributed by atoms with Crippen molar-refractivity contribution in [2.24, 2.45) is 0 Å². The van der Waals surface area contributed by atoms with Gasteiger partial charge in [-0.05, 0) is 36.2 Å². The van der Waals surface area contributed by atoms with Gasteiger partial charge in [-0.1, -0.05) is 18.2 Å². The summed E-state index contributed by atoms with van der Waals surface area (Å²) in [4.78, 5) is 12.2. The number of anilines is 1. The summed E-state index contributed by atoms with van der Waals surface area (Å²) >= 11 is 0. The molecule has 0 aliphatic carbocycles. The molecule has 5 nitrogen and oxygen atoms in total. The molecule has 2 aromatic rings. The Kier molecular flexibility index (Phi) is 4.90. The molecule has 0 saturated carbocycles. The smallest absolute Gasteiger partial charge is 0.416 e. The highest BCUT2D eigenvalue weighted by Crippen LogP contribution is 2.33. The van der Waals surface area contributed by atoms with Crippen molar-refractivity contribution >= 4 is 21.7 Å². The van der Waals surface area contributed by atoms with Crippen LogP contribution in [0, 0.1) is 0 Å². The highest BCUT2D eigenvalue weighted by Gasteiger charge is 2.33. The van der Waals surface area contributed by atoms with E-state index in [9.17, 15) is 26.4 Å². The standard InChI is InChI=1S/C18H16F3NO4S/c1-27(24,25)22-9-8-12-10-13(6-7-16(12)22)17(23)26-11-14-4-2-3-5-15(14)18(19,20)21/h2-7,10H,8-9,11H2,1H3. The van der Waals surface area contributed by atoms with Gasteiger partial charge in [0.25, 0.3) is 0 Å². The van der Waals surface area contributed by atoms with Gasteiger partial charge in [0.05, 0.1) is 23.1 Å². The van der Waals surface area contributed by atoms with Crippen molar-refractivity contribution in [3.63, 3.8) is 0 Å². The molecule has 0 amide bonds. The van der Waals surface area contributed by atoms with E-state index in [-0.39, 0.29) is 17.7 Å². The maximum absolute atomic E-state index is 13.0. The molecule has 0 radical (unpaired) electrons. The lowest BCUT2D eigenvalue weighted by Crippen LogP contribution is -2.27. The maximum atomic E-state index is 13.0. The molecule has 3 rings (SSSR count). The zero-order chi connectivity index (χ0) is 19.8. The van der Waals surface area contributed by atoms with Gasteiger partial charge in [-0.25, -0.2) is 13.2 Å². The first-order chi connectivity index (χ1) is 12.6. The number of benzene rings is 2. The van der Waals surface area contributed by atoms with E-state index in [1.807, 2.05) is 0 Å². The fourth-order valence-electron chi connectivity index (χ4n) is 2.99. The first-order valence-electron chi connectivity index (χ1n) is 8.00. The van der Waals surface area contributed by atoms with Crippen LogP contribution in [-0.2, 0) is 34.0 Å². The Labute approximate surface area is 154 Å². The number of hydrogen-bond acceptors (Lipinski definition) is 4. The average molecular weight is 399 g/mol. The number of halogens is 3. The summed E-state index contributed by atoms with van der Waals surface area (Å²) in [7, 11) is -3.40. The van der Waals surface area contributed by atoms with Gasteiger partial charge >= 0.3 is 12.1 Å². The summed E-state index contributed by atoms with van der Waals surface area (Å²) in [6, 6.07) is 9.30. The molecule has 9 heteroatoms. The lowest BCUT2D eigenvalue weighted by Gasteiger charge is -2.16. The Morgan fingerprint density at radius 2 is 1.89 bits per heavy atom. The maximum Gasteiger partial charge on any atom is 0.416 e. The lowest BCUT2D eigenvalue weighted by atomic mass is 10.1. The van der Waals surface area contributed by atoms with E-state index < -0.39 is 34.3 Å². The zero-order valence-corrected chi connectivity index (χ0v) is 15.1. The van der Waals surface area contributed by atoms with Crippen LogP contribution < -0.4 is 4.31 Å². The molecule has 27 heavy (non-hydrogen) atoms. The van der Waals surface area contributed by atoms with E-state index in [0.717, 1.165) is 12.3 Å². The van der Waals surface area contributed by atoms with Gasteiger partial charge in [0.15, 0.2) is 0 Å². The minimum atomic E-state index is -4.54. The van der Waals surface area contributed by atoms with Gasteiger partial charge in [0.1, 0.15) is 6.61 Å². The van der Waals surface area contributed by atoms with Gasteiger partial charge in [-0.3, -0.25) is 4.31 Å². The number of carbonyl (C=O) groups is 1. The van der Waals surface area contributed by atoms with Crippen molar-refractivity contribution in [3.8, 4) is 0 Å². The van der Waals surface area contributed by atoms with Crippen LogP contribution in [0.5, 0.6) is 0 Å². The molecular formula is C18H16F3NO4S. The fraction of sp³-hybridized carbons (Fsp3) is 0.278. The van der Waals surface area contributed by atoms with Crippen molar-refractivity contribution in [2.45, 2.75) is 19.2 Å².